The molecular formula is C16H18Cl2N2O2. The van der Waals surface area contributed by atoms with E-state index in [1.165, 1.54) is 4.90 Å². The highest BCUT2D eigenvalue weighted by atomic mass is 35.5. The summed E-state index contributed by atoms with van der Waals surface area (Å²) in [5, 5.41) is 0.751. The minimum Gasteiger partial charge on any atom is -0.292 e. The monoisotopic (exact) mass is 340 g/mol. The summed E-state index contributed by atoms with van der Waals surface area (Å²) in [7, 11) is 0. The van der Waals surface area contributed by atoms with Crippen molar-refractivity contribution in [2.75, 3.05) is 18.0 Å². The standard InChI is InChI=1S/C16H18Cl2N2O2/c1-10-4-6-19(7-5-10)14-9-15(21)20(16(14)22)11-2-3-12(17)13(18)8-11/h2-3,8,10,14H,4-7,9H2,1H3/t14-/m1/s1. The molecule has 1 atom stereocenters. The number of hydrogen-bond acceptors (Lipinski definition) is 3. The van der Waals surface area contributed by atoms with Crippen LogP contribution in [0, 0.1) is 5.92 Å². The van der Waals surface area contributed by atoms with Gasteiger partial charge in [0.1, 0.15) is 0 Å². The van der Waals surface area contributed by atoms with Gasteiger partial charge in [0.05, 0.1) is 28.2 Å². The number of carbonyl (C=O) groups excluding carboxylic acids is 2. The number of halogens is 2. The summed E-state index contributed by atoms with van der Waals surface area (Å²) in [5.41, 5.74) is 0.497. The predicted octanol–water partition coefficient (Wildman–Crippen LogP) is 3.36. The first kappa shape index (κ1) is 15.8. The van der Waals surface area contributed by atoms with Crippen molar-refractivity contribution in [3.05, 3.63) is 28.2 Å². The summed E-state index contributed by atoms with van der Waals surface area (Å²) in [6.07, 6.45) is 2.39. The lowest BCUT2D eigenvalue weighted by molar-refractivity contribution is -0.123. The molecule has 0 aliphatic carbocycles. The van der Waals surface area contributed by atoms with Gasteiger partial charge in [0.2, 0.25) is 5.91 Å². The van der Waals surface area contributed by atoms with Gasteiger partial charge in [-0.2, -0.15) is 0 Å². The molecule has 4 nitrogen and oxygen atoms in total. The Kier molecular flexibility index (Phi) is 4.44. The van der Waals surface area contributed by atoms with Crippen molar-refractivity contribution >= 4 is 40.7 Å². The molecule has 3 rings (SSSR count). The molecule has 0 radical (unpaired) electrons. The number of rotatable bonds is 2. The van der Waals surface area contributed by atoms with Crippen molar-refractivity contribution in [1.82, 2.24) is 4.90 Å². The lowest BCUT2D eigenvalue weighted by Crippen LogP contribution is -2.45. The van der Waals surface area contributed by atoms with E-state index in [0.29, 0.717) is 21.7 Å². The van der Waals surface area contributed by atoms with E-state index in [1.54, 1.807) is 18.2 Å². The fraction of sp³-hybridized carbons (Fsp3) is 0.500. The molecule has 0 saturated carbocycles. The highest BCUT2D eigenvalue weighted by Crippen LogP contribution is 2.32. The molecule has 2 saturated heterocycles. The van der Waals surface area contributed by atoms with Gasteiger partial charge in [-0.05, 0) is 50.0 Å². The second-order valence-corrected chi connectivity index (χ2v) is 6.92. The van der Waals surface area contributed by atoms with E-state index in [-0.39, 0.29) is 24.3 Å². The molecule has 1 aromatic rings. The second-order valence-electron chi connectivity index (χ2n) is 6.10. The van der Waals surface area contributed by atoms with Gasteiger partial charge in [-0.25, -0.2) is 4.90 Å². The first-order valence-electron chi connectivity index (χ1n) is 7.53. The van der Waals surface area contributed by atoms with Crippen LogP contribution in [0.15, 0.2) is 18.2 Å². The predicted molar refractivity (Wildman–Crippen MR) is 87.3 cm³/mol. The van der Waals surface area contributed by atoms with Crippen LogP contribution in [0.1, 0.15) is 26.2 Å². The molecule has 2 heterocycles. The van der Waals surface area contributed by atoms with Crippen LogP contribution >= 0.6 is 23.2 Å². The minimum absolute atomic E-state index is 0.155. The van der Waals surface area contributed by atoms with E-state index in [2.05, 4.69) is 11.8 Å². The van der Waals surface area contributed by atoms with E-state index >= 15 is 0 Å². The fourth-order valence-electron chi connectivity index (χ4n) is 3.14. The van der Waals surface area contributed by atoms with Gasteiger partial charge < -0.3 is 0 Å². The minimum atomic E-state index is -0.338. The van der Waals surface area contributed by atoms with Gasteiger partial charge >= 0.3 is 0 Å². The Hall–Kier alpha value is -1.10. The van der Waals surface area contributed by atoms with Crippen LogP contribution in [0.4, 0.5) is 5.69 Å². The van der Waals surface area contributed by atoms with Gasteiger partial charge in [-0.3, -0.25) is 14.5 Å². The van der Waals surface area contributed by atoms with Crippen molar-refractivity contribution in [3.63, 3.8) is 0 Å². The van der Waals surface area contributed by atoms with Crippen molar-refractivity contribution in [3.8, 4) is 0 Å². The largest absolute Gasteiger partial charge is 0.292 e. The van der Waals surface area contributed by atoms with Crippen LogP contribution in [0.5, 0.6) is 0 Å². The number of anilines is 1. The smallest absolute Gasteiger partial charge is 0.251 e. The molecule has 0 spiro atoms. The first-order valence-corrected chi connectivity index (χ1v) is 8.29. The third-order valence-corrected chi connectivity index (χ3v) is 5.28. The zero-order valence-electron chi connectivity index (χ0n) is 12.4. The quantitative estimate of drug-likeness (QED) is 0.775. The molecule has 2 aliphatic heterocycles. The lowest BCUT2D eigenvalue weighted by Gasteiger charge is -2.33. The molecule has 2 aliphatic rings. The molecule has 0 unspecified atom stereocenters. The van der Waals surface area contributed by atoms with Crippen LogP contribution < -0.4 is 4.90 Å². The van der Waals surface area contributed by atoms with Crippen LogP contribution in [0.2, 0.25) is 10.0 Å². The number of nitrogens with zero attached hydrogens (tertiary/aromatic N) is 2. The van der Waals surface area contributed by atoms with Crippen LogP contribution in [0.25, 0.3) is 0 Å². The Bertz CT molecular complexity index is 612. The molecule has 22 heavy (non-hydrogen) atoms. The molecule has 2 amide bonds. The van der Waals surface area contributed by atoms with Crippen LogP contribution in [0.3, 0.4) is 0 Å². The number of amides is 2. The van der Waals surface area contributed by atoms with Gasteiger partial charge in [0, 0.05) is 0 Å². The van der Waals surface area contributed by atoms with Crippen LogP contribution in [-0.4, -0.2) is 35.8 Å². The molecule has 0 aromatic heterocycles. The zero-order chi connectivity index (χ0) is 15.9. The Morgan fingerprint density at radius 2 is 1.77 bits per heavy atom. The number of benzene rings is 1. The maximum absolute atomic E-state index is 12.7. The average Bonchev–Trinajstić information content (AvgIpc) is 2.78. The van der Waals surface area contributed by atoms with E-state index < -0.39 is 0 Å². The Balaban J connectivity index is 1.80. The third-order valence-electron chi connectivity index (χ3n) is 4.54. The Morgan fingerprint density at radius 1 is 1.09 bits per heavy atom. The van der Waals surface area contributed by atoms with E-state index in [9.17, 15) is 9.59 Å². The molecule has 118 valence electrons. The summed E-state index contributed by atoms with van der Waals surface area (Å²) >= 11 is 11.9. The van der Waals surface area contributed by atoms with Crippen molar-refractivity contribution < 1.29 is 9.59 Å². The Labute approximate surface area is 140 Å². The van der Waals surface area contributed by atoms with Crippen LogP contribution in [-0.2, 0) is 9.59 Å². The van der Waals surface area contributed by atoms with E-state index in [4.69, 9.17) is 23.2 Å². The highest BCUT2D eigenvalue weighted by molar-refractivity contribution is 6.42. The molecule has 2 fully saturated rings. The average molecular weight is 341 g/mol. The molecule has 0 N–H and O–H groups in total. The van der Waals surface area contributed by atoms with Gasteiger partial charge in [-0.1, -0.05) is 30.1 Å². The molecule has 1 aromatic carbocycles. The second kappa shape index (κ2) is 6.19. The van der Waals surface area contributed by atoms with Crippen molar-refractivity contribution in [1.29, 1.82) is 0 Å². The summed E-state index contributed by atoms with van der Waals surface area (Å²) in [5.74, 6) is 0.361. The maximum atomic E-state index is 12.7. The third kappa shape index (κ3) is 2.87. The summed E-state index contributed by atoms with van der Waals surface area (Å²) in [6, 6.07) is 4.50. The first-order chi connectivity index (χ1) is 10.5. The molecule has 6 heteroatoms. The number of piperidine rings is 1. The Morgan fingerprint density at radius 3 is 2.41 bits per heavy atom. The SMILES string of the molecule is CC1CCN([C@@H]2CC(=O)N(c3ccc(Cl)c(Cl)c3)C2=O)CC1. The van der Waals surface area contributed by atoms with Gasteiger partial charge in [0.25, 0.3) is 5.91 Å². The number of imide groups is 1. The van der Waals surface area contributed by atoms with E-state index in [1.807, 2.05) is 0 Å². The number of carbonyl (C=O) groups is 2. The summed E-state index contributed by atoms with van der Waals surface area (Å²) < 4.78 is 0. The number of hydrogen-bond donors (Lipinski definition) is 0. The summed E-state index contributed by atoms with van der Waals surface area (Å²) in [6.45, 7) is 3.97. The van der Waals surface area contributed by atoms with Gasteiger partial charge in [-0.15, -0.1) is 0 Å². The molecular weight excluding hydrogens is 323 g/mol. The maximum Gasteiger partial charge on any atom is 0.251 e. The number of likely N-dealkylation sites (tertiary alicyclic amines) is 1. The fourth-order valence-corrected chi connectivity index (χ4v) is 3.43. The van der Waals surface area contributed by atoms with Crippen molar-refractivity contribution in [2.45, 2.75) is 32.2 Å². The molecule has 0 bridgehead atoms. The van der Waals surface area contributed by atoms with Crippen molar-refractivity contribution in [2.24, 2.45) is 5.92 Å². The zero-order valence-corrected chi connectivity index (χ0v) is 13.9. The van der Waals surface area contributed by atoms with E-state index in [0.717, 1.165) is 25.9 Å². The van der Waals surface area contributed by atoms with Gasteiger partial charge in [0.15, 0.2) is 0 Å². The normalized spacial score (nSPS) is 24.3. The highest BCUT2D eigenvalue weighted by Gasteiger charge is 2.43. The summed E-state index contributed by atoms with van der Waals surface area (Å²) in [4.78, 5) is 28.4. The lowest BCUT2D eigenvalue weighted by atomic mass is 9.97. The topological polar surface area (TPSA) is 40.6 Å².